The minimum atomic E-state index is -0.300. The van der Waals surface area contributed by atoms with E-state index < -0.39 is 0 Å². The van der Waals surface area contributed by atoms with Crippen molar-refractivity contribution in [3.05, 3.63) is 80.7 Å². The number of hydrogen-bond acceptors (Lipinski definition) is 3. The zero-order valence-corrected chi connectivity index (χ0v) is 18.9. The molecule has 3 rings (SSSR count). The third-order valence-corrected chi connectivity index (χ3v) is 5.56. The van der Waals surface area contributed by atoms with Crippen LogP contribution >= 0.6 is 22.6 Å². The monoisotopic (exact) mass is 501 g/mol. The van der Waals surface area contributed by atoms with E-state index in [1.165, 1.54) is 11.3 Å². The molecule has 6 heteroatoms. The Morgan fingerprint density at radius 3 is 2.66 bits per heavy atom. The maximum absolute atomic E-state index is 12.0. The van der Waals surface area contributed by atoms with Crippen molar-refractivity contribution in [1.82, 2.24) is 9.99 Å². The molecule has 0 atom stereocenters. The Balaban J connectivity index is 1.67. The van der Waals surface area contributed by atoms with Crippen LogP contribution in [0.1, 0.15) is 29.4 Å². The van der Waals surface area contributed by atoms with Crippen molar-refractivity contribution < 1.29 is 9.53 Å². The number of halogens is 1. The third kappa shape index (κ3) is 5.06. The highest BCUT2D eigenvalue weighted by atomic mass is 127. The van der Waals surface area contributed by atoms with E-state index in [9.17, 15) is 4.79 Å². The van der Waals surface area contributed by atoms with Crippen molar-refractivity contribution >= 4 is 34.7 Å². The second kappa shape index (κ2) is 9.73. The summed E-state index contributed by atoms with van der Waals surface area (Å²) in [5.41, 5.74) is 8.17. The number of rotatable bonds is 7. The molecule has 1 heterocycles. The van der Waals surface area contributed by atoms with Crippen LogP contribution < -0.4 is 10.2 Å². The quantitative estimate of drug-likeness (QED) is 0.288. The third-order valence-electron chi connectivity index (χ3n) is 4.67. The normalized spacial score (nSPS) is 11.0. The fourth-order valence-corrected chi connectivity index (χ4v) is 3.77. The van der Waals surface area contributed by atoms with E-state index >= 15 is 0 Å². The van der Waals surface area contributed by atoms with Crippen molar-refractivity contribution in [3.63, 3.8) is 0 Å². The van der Waals surface area contributed by atoms with Gasteiger partial charge in [-0.05, 0) is 72.7 Å². The molecule has 2 aromatic carbocycles. The minimum absolute atomic E-state index is 0.0831. The Morgan fingerprint density at radius 1 is 1.17 bits per heavy atom. The zero-order chi connectivity index (χ0) is 20.8. The number of nitrogens with zero attached hydrogens (tertiary/aromatic N) is 2. The van der Waals surface area contributed by atoms with Gasteiger partial charge in [-0.3, -0.25) is 4.79 Å². The van der Waals surface area contributed by atoms with Crippen LogP contribution in [0.2, 0.25) is 0 Å². The lowest BCUT2D eigenvalue weighted by molar-refractivity contribution is -0.123. The molecular formula is C23H24IN3O2. The van der Waals surface area contributed by atoms with Crippen LogP contribution in [0.3, 0.4) is 0 Å². The Hall–Kier alpha value is -2.61. The van der Waals surface area contributed by atoms with Gasteiger partial charge in [0.25, 0.3) is 5.91 Å². The summed E-state index contributed by atoms with van der Waals surface area (Å²) < 4.78 is 8.72. The first-order valence-corrected chi connectivity index (χ1v) is 10.6. The molecule has 1 N–H and O–H groups in total. The number of hydrazone groups is 1. The summed E-state index contributed by atoms with van der Waals surface area (Å²) >= 11 is 2.17. The van der Waals surface area contributed by atoms with Crippen LogP contribution in [0, 0.1) is 17.4 Å². The molecule has 150 valence electrons. The molecule has 29 heavy (non-hydrogen) atoms. The molecule has 5 nitrogen and oxygen atoms in total. The van der Waals surface area contributed by atoms with E-state index in [0.29, 0.717) is 5.75 Å². The maximum Gasteiger partial charge on any atom is 0.277 e. The molecule has 0 spiro atoms. The topological polar surface area (TPSA) is 55.6 Å². The van der Waals surface area contributed by atoms with Gasteiger partial charge in [-0.25, -0.2) is 5.43 Å². The predicted octanol–water partition coefficient (Wildman–Crippen LogP) is 4.79. The Kier molecular flexibility index (Phi) is 7.09. The summed E-state index contributed by atoms with van der Waals surface area (Å²) in [5.74, 6) is 0.386. The zero-order valence-electron chi connectivity index (χ0n) is 16.8. The number of carbonyl (C=O) groups excluding carboxylic acids is 1. The molecule has 0 fully saturated rings. The van der Waals surface area contributed by atoms with E-state index in [1.807, 2.05) is 24.3 Å². The van der Waals surface area contributed by atoms with Crippen molar-refractivity contribution in [2.45, 2.75) is 27.2 Å². The first-order valence-electron chi connectivity index (χ1n) is 9.47. The molecule has 1 amide bonds. The van der Waals surface area contributed by atoms with Crippen LogP contribution in [-0.4, -0.2) is 23.3 Å². The standard InChI is InChI=1S/C23H24IN3O2/c1-4-18-9-5-7-11-21(18)27-16(2)13-19(17(27)3)14-25-26-23(28)15-29-22-12-8-6-10-20(22)24/h5-14H,4,15H2,1-3H3,(H,26,28)/b25-14+. The van der Waals surface area contributed by atoms with E-state index in [4.69, 9.17) is 4.74 Å². The van der Waals surface area contributed by atoms with Gasteiger partial charge in [0.05, 0.1) is 9.78 Å². The summed E-state index contributed by atoms with van der Waals surface area (Å²) in [7, 11) is 0. The van der Waals surface area contributed by atoms with Gasteiger partial charge in [-0.2, -0.15) is 5.10 Å². The second-order valence-corrected chi connectivity index (χ2v) is 7.82. The molecule has 0 saturated carbocycles. The van der Waals surface area contributed by atoms with Gasteiger partial charge in [-0.15, -0.1) is 0 Å². The highest BCUT2D eigenvalue weighted by molar-refractivity contribution is 14.1. The predicted molar refractivity (Wildman–Crippen MR) is 125 cm³/mol. The van der Waals surface area contributed by atoms with Crippen LogP contribution in [0.4, 0.5) is 0 Å². The highest BCUT2D eigenvalue weighted by Crippen LogP contribution is 2.23. The van der Waals surface area contributed by atoms with E-state index in [-0.39, 0.29) is 12.5 Å². The SMILES string of the molecule is CCc1ccccc1-n1c(C)cc(/C=N/NC(=O)COc2ccccc2I)c1C. The molecule has 0 aliphatic rings. The van der Waals surface area contributed by atoms with Gasteiger partial charge in [0.15, 0.2) is 6.61 Å². The van der Waals surface area contributed by atoms with Gasteiger partial charge < -0.3 is 9.30 Å². The molecule has 0 aliphatic carbocycles. The van der Waals surface area contributed by atoms with Crippen molar-refractivity contribution in [1.29, 1.82) is 0 Å². The summed E-state index contributed by atoms with van der Waals surface area (Å²) in [6.07, 6.45) is 2.64. The molecule has 0 saturated heterocycles. The van der Waals surface area contributed by atoms with Gasteiger partial charge in [0.1, 0.15) is 5.75 Å². The lowest BCUT2D eigenvalue weighted by Gasteiger charge is -2.13. The van der Waals surface area contributed by atoms with Crippen LogP contribution in [-0.2, 0) is 11.2 Å². The number of carbonyl (C=O) groups is 1. The van der Waals surface area contributed by atoms with E-state index in [1.54, 1.807) is 6.21 Å². The summed E-state index contributed by atoms with van der Waals surface area (Å²) in [4.78, 5) is 12.0. The van der Waals surface area contributed by atoms with Crippen LogP contribution in [0.15, 0.2) is 59.7 Å². The summed E-state index contributed by atoms with van der Waals surface area (Å²) in [6, 6.07) is 18.0. The van der Waals surface area contributed by atoms with Crippen molar-refractivity contribution in [3.8, 4) is 11.4 Å². The fraction of sp³-hybridized carbons (Fsp3) is 0.217. The molecule has 1 aromatic heterocycles. The first-order chi connectivity index (χ1) is 14.0. The lowest BCUT2D eigenvalue weighted by Crippen LogP contribution is -2.24. The molecule has 0 unspecified atom stereocenters. The molecule has 3 aromatic rings. The molecular weight excluding hydrogens is 477 g/mol. The Morgan fingerprint density at radius 2 is 1.90 bits per heavy atom. The lowest BCUT2D eigenvalue weighted by atomic mass is 10.1. The number of ether oxygens (including phenoxy) is 1. The number of para-hydroxylation sites is 2. The number of benzene rings is 2. The van der Waals surface area contributed by atoms with E-state index in [0.717, 1.165) is 26.9 Å². The molecule has 0 radical (unpaired) electrons. The number of amides is 1. The summed E-state index contributed by atoms with van der Waals surface area (Å²) in [5, 5.41) is 4.11. The smallest absolute Gasteiger partial charge is 0.277 e. The highest BCUT2D eigenvalue weighted by Gasteiger charge is 2.12. The van der Waals surface area contributed by atoms with Crippen LogP contribution in [0.25, 0.3) is 5.69 Å². The number of nitrogens with one attached hydrogen (secondary N) is 1. The fourth-order valence-electron chi connectivity index (χ4n) is 3.23. The Bertz CT molecular complexity index is 1040. The molecule has 0 bridgehead atoms. The van der Waals surface area contributed by atoms with Crippen molar-refractivity contribution in [2.75, 3.05) is 6.61 Å². The van der Waals surface area contributed by atoms with Crippen molar-refractivity contribution in [2.24, 2.45) is 5.10 Å². The van der Waals surface area contributed by atoms with Gasteiger partial charge in [0, 0.05) is 22.6 Å². The minimum Gasteiger partial charge on any atom is -0.483 e. The summed E-state index contributed by atoms with van der Waals surface area (Å²) in [6.45, 7) is 6.21. The first kappa shape index (κ1) is 21.1. The average Bonchev–Trinajstić information content (AvgIpc) is 3.00. The number of hydrogen-bond donors (Lipinski definition) is 1. The van der Waals surface area contributed by atoms with E-state index in [2.05, 4.69) is 88.8 Å². The molecule has 0 aliphatic heterocycles. The average molecular weight is 501 g/mol. The number of aryl methyl sites for hydroxylation is 2. The second-order valence-electron chi connectivity index (χ2n) is 6.66. The van der Waals surface area contributed by atoms with Gasteiger partial charge in [0.2, 0.25) is 0 Å². The number of aromatic nitrogens is 1. The Labute approximate surface area is 184 Å². The van der Waals surface area contributed by atoms with Crippen LogP contribution in [0.5, 0.6) is 5.75 Å². The van der Waals surface area contributed by atoms with Gasteiger partial charge >= 0.3 is 0 Å². The van der Waals surface area contributed by atoms with Gasteiger partial charge in [-0.1, -0.05) is 37.3 Å². The maximum atomic E-state index is 12.0. The largest absolute Gasteiger partial charge is 0.483 e.